The number of hydrogen-bond acceptors (Lipinski definition) is 8. The molecule has 0 amide bonds. The zero-order valence-corrected chi connectivity index (χ0v) is 24.5. The average molecular weight is 609 g/mol. The molecule has 1 unspecified atom stereocenters. The molecule has 5 aromatic rings. The zero-order valence-electron chi connectivity index (χ0n) is 22.9. The van der Waals surface area contributed by atoms with E-state index in [0.29, 0.717) is 58.7 Å². The summed E-state index contributed by atoms with van der Waals surface area (Å²) in [5.41, 5.74) is 8.57. The van der Waals surface area contributed by atoms with Crippen LogP contribution in [0.3, 0.4) is 0 Å². The Kier molecular flexibility index (Phi) is 9.06. The molecule has 0 fully saturated rings. The van der Waals surface area contributed by atoms with Gasteiger partial charge in [0.1, 0.15) is 51.7 Å². The lowest BCUT2D eigenvalue weighted by Gasteiger charge is -2.13. The van der Waals surface area contributed by atoms with Crippen LogP contribution in [0, 0.1) is 5.82 Å². The number of sulfone groups is 1. The van der Waals surface area contributed by atoms with Crippen LogP contribution in [0.15, 0.2) is 83.5 Å². The minimum atomic E-state index is -3.20. The number of hydrogen-bond donors (Lipinski definition) is 2. The predicted molar refractivity (Wildman–Crippen MR) is 163 cm³/mol. The van der Waals surface area contributed by atoms with Gasteiger partial charge in [-0.15, -0.1) is 0 Å². The number of anilines is 2. The third-order valence-corrected chi connectivity index (χ3v) is 7.99. The predicted octanol–water partition coefficient (Wildman–Crippen LogP) is 6.87. The normalized spacial score (nSPS) is 12.4. The maximum atomic E-state index is 13.5. The van der Waals surface area contributed by atoms with Crippen molar-refractivity contribution in [3.63, 3.8) is 0 Å². The molecule has 2 heterocycles. The largest absolute Gasteiger partial charge is 0.487 e. The van der Waals surface area contributed by atoms with Gasteiger partial charge in [-0.2, -0.15) is 0 Å². The summed E-state index contributed by atoms with van der Waals surface area (Å²) in [7, 11) is -3.20. The van der Waals surface area contributed by atoms with E-state index in [1.54, 1.807) is 24.3 Å². The van der Waals surface area contributed by atoms with Crippen LogP contribution in [-0.4, -0.2) is 36.9 Å². The molecule has 8 nitrogen and oxygen atoms in total. The van der Waals surface area contributed by atoms with Crippen molar-refractivity contribution in [2.24, 2.45) is 5.73 Å². The Hall–Kier alpha value is -3.99. The number of fused-ring (bicyclic) bond motifs is 1. The Morgan fingerprint density at radius 2 is 1.93 bits per heavy atom. The Morgan fingerprint density at radius 3 is 2.69 bits per heavy atom. The number of halogens is 2. The first-order chi connectivity index (χ1) is 20.2. The van der Waals surface area contributed by atoms with E-state index in [1.807, 2.05) is 36.4 Å². The number of nitrogens with one attached hydrogen (secondary N) is 1. The summed E-state index contributed by atoms with van der Waals surface area (Å²) in [6, 6.07) is 20.8. The molecule has 0 spiro atoms. The van der Waals surface area contributed by atoms with Crippen LogP contribution in [0.25, 0.3) is 22.2 Å². The Balaban J connectivity index is 1.36. The van der Waals surface area contributed by atoms with E-state index >= 15 is 0 Å². The molecule has 218 valence electrons. The van der Waals surface area contributed by atoms with E-state index in [0.717, 1.165) is 16.5 Å². The highest BCUT2D eigenvalue weighted by Crippen LogP contribution is 2.34. The second kappa shape index (κ2) is 12.9. The van der Waals surface area contributed by atoms with Gasteiger partial charge in [-0.3, -0.25) is 0 Å². The lowest BCUT2D eigenvalue weighted by Crippen LogP contribution is -2.14. The fraction of sp³-hybridized carbons (Fsp3) is 0.226. The number of ether oxygens (including phenoxy) is 1. The molecule has 0 aliphatic heterocycles. The minimum Gasteiger partial charge on any atom is -0.487 e. The second-order valence-corrected chi connectivity index (χ2v) is 12.7. The van der Waals surface area contributed by atoms with Crippen LogP contribution < -0.4 is 15.8 Å². The Morgan fingerprint density at radius 1 is 1.07 bits per heavy atom. The van der Waals surface area contributed by atoms with E-state index in [2.05, 4.69) is 15.3 Å². The molecular weight excluding hydrogens is 579 g/mol. The lowest BCUT2D eigenvalue weighted by molar-refractivity contribution is 0.306. The first-order valence-corrected chi connectivity index (χ1v) is 15.8. The second-order valence-electron chi connectivity index (χ2n) is 10.1. The number of aromatic nitrogens is 2. The number of benzene rings is 3. The van der Waals surface area contributed by atoms with Crippen molar-refractivity contribution >= 4 is 43.8 Å². The van der Waals surface area contributed by atoms with Crippen LogP contribution >= 0.6 is 11.6 Å². The van der Waals surface area contributed by atoms with Gasteiger partial charge in [0.15, 0.2) is 0 Å². The monoisotopic (exact) mass is 608 g/mol. The number of nitrogens with two attached hydrogens (primary N) is 1. The molecule has 3 N–H and O–H groups in total. The summed E-state index contributed by atoms with van der Waals surface area (Å²) in [5.74, 6) is 1.65. The quantitative estimate of drug-likeness (QED) is 0.157. The van der Waals surface area contributed by atoms with Crippen LogP contribution in [0.1, 0.15) is 30.1 Å². The summed E-state index contributed by atoms with van der Waals surface area (Å²) in [4.78, 5) is 8.82. The molecule has 0 radical (unpaired) electrons. The first-order valence-electron chi connectivity index (χ1n) is 13.3. The standard InChI is InChI=1S/C31H30ClFN4O4S/c1-42(38,39)18-22(5-3-13-34)29-12-11-28(41-29)21-7-9-27-25(15-21)31(36-19-35-27)37-24-8-10-30(26(32)16-24)40-17-20-4-2-6-23(33)14-20/h2,4,6-12,14-16,19,22H,3,5,13,17-18,34H2,1H3,(H,35,36,37). The summed E-state index contributed by atoms with van der Waals surface area (Å²) in [6.07, 6.45) is 4.02. The molecule has 3 aromatic carbocycles. The Labute approximate surface area is 248 Å². The summed E-state index contributed by atoms with van der Waals surface area (Å²) in [5, 5.41) is 4.44. The van der Waals surface area contributed by atoms with Gasteiger partial charge < -0.3 is 20.2 Å². The fourth-order valence-corrected chi connectivity index (χ4v) is 5.99. The van der Waals surface area contributed by atoms with Gasteiger partial charge in [0, 0.05) is 28.8 Å². The van der Waals surface area contributed by atoms with E-state index < -0.39 is 9.84 Å². The van der Waals surface area contributed by atoms with Gasteiger partial charge in [0.05, 0.1) is 16.3 Å². The Bertz CT molecular complexity index is 1810. The van der Waals surface area contributed by atoms with Gasteiger partial charge in [0.25, 0.3) is 0 Å². The molecule has 0 saturated carbocycles. The molecule has 0 saturated heterocycles. The van der Waals surface area contributed by atoms with E-state index in [-0.39, 0.29) is 24.1 Å². The van der Waals surface area contributed by atoms with Crippen molar-refractivity contribution in [3.8, 4) is 17.1 Å². The topological polar surface area (TPSA) is 120 Å². The van der Waals surface area contributed by atoms with Gasteiger partial charge in [-0.1, -0.05) is 23.7 Å². The molecule has 1 atom stereocenters. The molecule has 0 bridgehead atoms. The molecule has 42 heavy (non-hydrogen) atoms. The lowest BCUT2D eigenvalue weighted by atomic mass is 10.0. The third kappa shape index (κ3) is 7.44. The molecule has 2 aromatic heterocycles. The van der Waals surface area contributed by atoms with Crippen LogP contribution in [-0.2, 0) is 16.4 Å². The third-order valence-electron chi connectivity index (χ3n) is 6.69. The molecule has 5 rings (SSSR count). The van der Waals surface area contributed by atoms with Gasteiger partial charge >= 0.3 is 0 Å². The minimum absolute atomic E-state index is 0.00320. The average Bonchev–Trinajstić information content (AvgIpc) is 3.45. The molecule has 0 aliphatic rings. The van der Waals surface area contributed by atoms with Gasteiger partial charge in [0.2, 0.25) is 0 Å². The highest BCUT2D eigenvalue weighted by molar-refractivity contribution is 7.90. The molecular formula is C31H30ClFN4O4S. The van der Waals surface area contributed by atoms with Crippen molar-refractivity contribution in [3.05, 3.63) is 101 Å². The van der Waals surface area contributed by atoms with Crippen molar-refractivity contribution in [2.45, 2.75) is 25.4 Å². The number of nitrogens with zero attached hydrogens (tertiary/aromatic N) is 2. The summed E-state index contributed by atoms with van der Waals surface area (Å²) in [6.45, 7) is 0.657. The number of rotatable bonds is 12. The van der Waals surface area contributed by atoms with Crippen LogP contribution in [0.5, 0.6) is 5.75 Å². The van der Waals surface area contributed by atoms with E-state index in [1.165, 1.54) is 24.7 Å². The maximum Gasteiger partial charge on any atom is 0.148 e. The van der Waals surface area contributed by atoms with Crippen molar-refractivity contribution < 1.29 is 22.0 Å². The SMILES string of the molecule is CS(=O)(=O)CC(CCCN)c1ccc(-c2ccc3ncnc(Nc4ccc(OCc5cccc(F)c5)c(Cl)c4)c3c2)o1. The fourth-order valence-electron chi connectivity index (χ4n) is 4.69. The van der Waals surface area contributed by atoms with Crippen molar-refractivity contribution in [1.82, 2.24) is 9.97 Å². The first kappa shape index (κ1) is 29.5. The smallest absolute Gasteiger partial charge is 0.148 e. The summed E-state index contributed by atoms with van der Waals surface area (Å²) < 4.78 is 49.4. The maximum absolute atomic E-state index is 13.5. The van der Waals surface area contributed by atoms with Crippen LogP contribution in [0.2, 0.25) is 5.02 Å². The highest BCUT2D eigenvalue weighted by atomic mass is 35.5. The van der Waals surface area contributed by atoms with Crippen molar-refractivity contribution in [2.75, 3.05) is 23.9 Å². The van der Waals surface area contributed by atoms with Gasteiger partial charge in [-0.25, -0.2) is 22.8 Å². The van der Waals surface area contributed by atoms with E-state index in [4.69, 9.17) is 26.5 Å². The van der Waals surface area contributed by atoms with Crippen molar-refractivity contribution in [1.29, 1.82) is 0 Å². The van der Waals surface area contributed by atoms with Crippen LogP contribution in [0.4, 0.5) is 15.9 Å². The zero-order chi connectivity index (χ0) is 29.7. The van der Waals surface area contributed by atoms with Gasteiger partial charge in [-0.05, 0) is 85.6 Å². The molecule has 0 aliphatic carbocycles. The summed E-state index contributed by atoms with van der Waals surface area (Å²) >= 11 is 6.49. The van der Waals surface area contributed by atoms with E-state index in [9.17, 15) is 12.8 Å². The highest BCUT2D eigenvalue weighted by Gasteiger charge is 2.21. The number of furan rings is 1. The molecule has 11 heteroatoms.